The summed E-state index contributed by atoms with van der Waals surface area (Å²) >= 11 is 0. The van der Waals surface area contributed by atoms with Crippen molar-refractivity contribution in [2.75, 3.05) is 11.9 Å². The van der Waals surface area contributed by atoms with Crippen molar-refractivity contribution in [1.29, 1.82) is 0 Å². The van der Waals surface area contributed by atoms with E-state index in [4.69, 9.17) is 0 Å². The number of amides is 2. The minimum atomic E-state index is -0.404. The van der Waals surface area contributed by atoms with E-state index in [1.54, 1.807) is 37.3 Å². The lowest BCUT2D eigenvalue weighted by atomic mass is 10.2. The minimum absolute atomic E-state index is 0.120. The maximum Gasteiger partial charge on any atom is 0.251 e. The highest BCUT2D eigenvalue weighted by molar-refractivity contribution is 5.95. The molecule has 22 heavy (non-hydrogen) atoms. The zero-order valence-corrected chi connectivity index (χ0v) is 12.2. The molecule has 2 rings (SSSR count). The Bertz CT molecular complexity index is 672. The number of anilines is 1. The van der Waals surface area contributed by atoms with Crippen LogP contribution in [0.25, 0.3) is 0 Å². The summed E-state index contributed by atoms with van der Waals surface area (Å²) in [6.07, 6.45) is 0.120. The Balaban J connectivity index is 1.81. The average Bonchev–Trinajstić information content (AvgIpc) is 2.51. The van der Waals surface area contributed by atoms with Crippen molar-refractivity contribution in [3.8, 4) is 0 Å². The standard InChI is InChI=1S/C17H17FN2O2/c1-12-7-8-14(18)11-15(12)20-16(21)9-10-19-17(22)13-5-3-2-4-6-13/h2-8,11H,9-10H2,1H3,(H,19,22)(H,20,21). The molecular weight excluding hydrogens is 283 g/mol. The van der Waals surface area contributed by atoms with E-state index >= 15 is 0 Å². The van der Waals surface area contributed by atoms with Gasteiger partial charge in [0, 0.05) is 24.2 Å². The number of carbonyl (C=O) groups excluding carboxylic acids is 2. The van der Waals surface area contributed by atoms with Crippen molar-refractivity contribution < 1.29 is 14.0 Å². The quantitative estimate of drug-likeness (QED) is 0.892. The van der Waals surface area contributed by atoms with Crippen LogP contribution in [0.1, 0.15) is 22.3 Å². The molecule has 0 heterocycles. The Morgan fingerprint density at radius 3 is 2.55 bits per heavy atom. The molecule has 0 saturated carbocycles. The molecule has 2 aromatic carbocycles. The normalized spacial score (nSPS) is 10.1. The molecule has 2 aromatic rings. The minimum Gasteiger partial charge on any atom is -0.352 e. The smallest absolute Gasteiger partial charge is 0.251 e. The first-order chi connectivity index (χ1) is 10.6. The topological polar surface area (TPSA) is 58.2 Å². The van der Waals surface area contributed by atoms with Crippen molar-refractivity contribution in [2.45, 2.75) is 13.3 Å². The molecule has 114 valence electrons. The van der Waals surface area contributed by atoms with Crippen LogP contribution in [-0.4, -0.2) is 18.4 Å². The van der Waals surface area contributed by atoms with Gasteiger partial charge in [-0.25, -0.2) is 4.39 Å². The van der Waals surface area contributed by atoms with Crippen LogP contribution in [-0.2, 0) is 4.79 Å². The number of rotatable bonds is 5. The molecule has 0 spiro atoms. The van der Waals surface area contributed by atoms with Gasteiger partial charge in [0.25, 0.3) is 5.91 Å². The Kier molecular flexibility index (Phi) is 5.25. The van der Waals surface area contributed by atoms with Crippen LogP contribution in [0, 0.1) is 12.7 Å². The first-order valence-electron chi connectivity index (χ1n) is 6.95. The fourth-order valence-corrected chi connectivity index (χ4v) is 1.92. The van der Waals surface area contributed by atoms with Crippen LogP contribution in [0.5, 0.6) is 0 Å². The fourth-order valence-electron chi connectivity index (χ4n) is 1.92. The Morgan fingerprint density at radius 1 is 1.09 bits per heavy atom. The molecule has 0 aliphatic rings. The van der Waals surface area contributed by atoms with Crippen LogP contribution in [0.15, 0.2) is 48.5 Å². The summed E-state index contributed by atoms with van der Waals surface area (Å²) in [5.41, 5.74) is 1.77. The summed E-state index contributed by atoms with van der Waals surface area (Å²) in [5, 5.41) is 5.30. The molecule has 5 heteroatoms. The number of carbonyl (C=O) groups is 2. The number of nitrogens with one attached hydrogen (secondary N) is 2. The second kappa shape index (κ2) is 7.36. The van der Waals surface area contributed by atoms with Gasteiger partial charge >= 0.3 is 0 Å². The molecule has 0 bridgehead atoms. The first-order valence-corrected chi connectivity index (χ1v) is 6.95. The summed E-state index contributed by atoms with van der Waals surface area (Å²) < 4.78 is 13.1. The third kappa shape index (κ3) is 4.41. The van der Waals surface area contributed by atoms with E-state index in [0.29, 0.717) is 11.3 Å². The fraction of sp³-hybridized carbons (Fsp3) is 0.176. The van der Waals surface area contributed by atoms with Gasteiger partial charge in [-0.05, 0) is 36.8 Å². The van der Waals surface area contributed by atoms with Crippen molar-refractivity contribution >= 4 is 17.5 Å². The Labute approximate surface area is 128 Å². The SMILES string of the molecule is Cc1ccc(F)cc1NC(=O)CCNC(=O)c1ccccc1. The van der Waals surface area contributed by atoms with E-state index in [-0.39, 0.29) is 24.8 Å². The lowest BCUT2D eigenvalue weighted by Crippen LogP contribution is -2.27. The molecule has 0 saturated heterocycles. The number of halogens is 1. The zero-order valence-electron chi connectivity index (χ0n) is 12.2. The van der Waals surface area contributed by atoms with Gasteiger partial charge in [0.2, 0.25) is 5.91 Å². The average molecular weight is 300 g/mol. The van der Waals surface area contributed by atoms with E-state index in [0.717, 1.165) is 5.56 Å². The maximum atomic E-state index is 13.1. The van der Waals surface area contributed by atoms with E-state index < -0.39 is 5.82 Å². The molecule has 0 aliphatic heterocycles. The highest BCUT2D eigenvalue weighted by Gasteiger charge is 2.08. The molecule has 0 radical (unpaired) electrons. The van der Waals surface area contributed by atoms with Crippen LogP contribution >= 0.6 is 0 Å². The van der Waals surface area contributed by atoms with Crippen LogP contribution in [0.2, 0.25) is 0 Å². The molecule has 0 fully saturated rings. The van der Waals surface area contributed by atoms with Gasteiger partial charge in [0.15, 0.2) is 0 Å². The summed E-state index contributed by atoms with van der Waals surface area (Å²) in [4.78, 5) is 23.6. The van der Waals surface area contributed by atoms with E-state index in [1.807, 2.05) is 6.07 Å². The Morgan fingerprint density at radius 2 is 1.82 bits per heavy atom. The number of benzene rings is 2. The van der Waals surface area contributed by atoms with Crippen molar-refractivity contribution in [3.63, 3.8) is 0 Å². The maximum absolute atomic E-state index is 13.1. The molecule has 4 nitrogen and oxygen atoms in total. The van der Waals surface area contributed by atoms with Crippen molar-refractivity contribution in [3.05, 3.63) is 65.5 Å². The molecule has 0 aromatic heterocycles. The van der Waals surface area contributed by atoms with Crippen molar-refractivity contribution in [1.82, 2.24) is 5.32 Å². The third-order valence-corrected chi connectivity index (χ3v) is 3.15. The molecular formula is C17H17FN2O2. The van der Waals surface area contributed by atoms with Crippen LogP contribution in [0.4, 0.5) is 10.1 Å². The zero-order chi connectivity index (χ0) is 15.9. The van der Waals surface area contributed by atoms with E-state index in [2.05, 4.69) is 10.6 Å². The van der Waals surface area contributed by atoms with Gasteiger partial charge in [-0.1, -0.05) is 24.3 Å². The second-order valence-electron chi connectivity index (χ2n) is 4.88. The highest BCUT2D eigenvalue weighted by Crippen LogP contribution is 2.15. The molecule has 2 N–H and O–H groups in total. The predicted octanol–water partition coefficient (Wildman–Crippen LogP) is 2.89. The monoisotopic (exact) mass is 300 g/mol. The summed E-state index contributed by atoms with van der Waals surface area (Å²) in [6, 6.07) is 13.0. The van der Waals surface area contributed by atoms with Crippen molar-refractivity contribution in [2.24, 2.45) is 0 Å². The lowest BCUT2D eigenvalue weighted by Gasteiger charge is -2.09. The van der Waals surface area contributed by atoms with Gasteiger partial charge in [-0.2, -0.15) is 0 Å². The molecule has 0 unspecified atom stereocenters. The van der Waals surface area contributed by atoms with Gasteiger partial charge < -0.3 is 10.6 Å². The first kappa shape index (κ1) is 15.7. The van der Waals surface area contributed by atoms with Crippen LogP contribution < -0.4 is 10.6 Å². The summed E-state index contributed by atoms with van der Waals surface area (Å²) in [7, 11) is 0. The van der Waals surface area contributed by atoms with Gasteiger partial charge in [-0.15, -0.1) is 0 Å². The molecule has 0 aliphatic carbocycles. The van der Waals surface area contributed by atoms with Gasteiger partial charge in [0.1, 0.15) is 5.82 Å². The second-order valence-corrected chi connectivity index (χ2v) is 4.88. The molecule has 2 amide bonds. The van der Waals surface area contributed by atoms with Crippen LogP contribution in [0.3, 0.4) is 0 Å². The van der Waals surface area contributed by atoms with E-state index in [1.165, 1.54) is 12.1 Å². The highest BCUT2D eigenvalue weighted by atomic mass is 19.1. The lowest BCUT2D eigenvalue weighted by molar-refractivity contribution is -0.116. The predicted molar refractivity (Wildman–Crippen MR) is 83.2 cm³/mol. The number of aryl methyl sites for hydroxylation is 1. The van der Waals surface area contributed by atoms with E-state index in [9.17, 15) is 14.0 Å². The third-order valence-electron chi connectivity index (χ3n) is 3.15. The van der Waals surface area contributed by atoms with Gasteiger partial charge in [0.05, 0.1) is 0 Å². The summed E-state index contributed by atoms with van der Waals surface area (Å²) in [6.45, 7) is 2.00. The van der Waals surface area contributed by atoms with Gasteiger partial charge in [-0.3, -0.25) is 9.59 Å². The number of hydrogen-bond acceptors (Lipinski definition) is 2. The molecule has 0 atom stereocenters. The summed E-state index contributed by atoms with van der Waals surface area (Å²) in [5.74, 6) is -0.907. The number of hydrogen-bond donors (Lipinski definition) is 2. The Hall–Kier alpha value is -2.69. The largest absolute Gasteiger partial charge is 0.352 e.